The summed E-state index contributed by atoms with van der Waals surface area (Å²) in [4.78, 5) is 25.9. The van der Waals surface area contributed by atoms with Gasteiger partial charge in [0.2, 0.25) is 5.91 Å². The fourth-order valence-corrected chi connectivity index (χ4v) is 2.87. The van der Waals surface area contributed by atoms with E-state index in [0.29, 0.717) is 26.2 Å². The number of nitrogens with zero attached hydrogens (tertiary/aromatic N) is 6. The zero-order valence-electron chi connectivity index (χ0n) is 14.2. The highest BCUT2D eigenvalue weighted by Gasteiger charge is 2.25. The molecule has 130 valence electrons. The van der Waals surface area contributed by atoms with Crippen LogP contribution < -0.4 is 5.69 Å². The van der Waals surface area contributed by atoms with Gasteiger partial charge in [-0.2, -0.15) is 10.2 Å². The summed E-state index contributed by atoms with van der Waals surface area (Å²) >= 11 is 0. The van der Waals surface area contributed by atoms with Gasteiger partial charge in [-0.15, -0.1) is 0 Å². The predicted octanol–water partition coefficient (Wildman–Crippen LogP) is -0.677. The van der Waals surface area contributed by atoms with E-state index in [2.05, 4.69) is 10.2 Å². The van der Waals surface area contributed by atoms with Crippen LogP contribution in [0.4, 0.5) is 0 Å². The molecule has 9 nitrogen and oxygen atoms in total. The highest BCUT2D eigenvalue weighted by atomic mass is 16.5. The van der Waals surface area contributed by atoms with Gasteiger partial charge in [0.1, 0.15) is 12.9 Å². The minimum absolute atomic E-state index is 0.0493. The summed E-state index contributed by atoms with van der Waals surface area (Å²) in [5, 5.41) is 8.36. The third-order valence-corrected chi connectivity index (χ3v) is 4.14. The summed E-state index contributed by atoms with van der Waals surface area (Å²) in [6, 6.07) is 2.01. The second-order valence-electron chi connectivity index (χ2n) is 6.12. The van der Waals surface area contributed by atoms with Gasteiger partial charge in [0, 0.05) is 25.8 Å². The molecular weight excluding hydrogens is 312 g/mol. The maximum atomic E-state index is 12.4. The molecule has 3 rings (SSSR count). The molecule has 1 amide bonds. The third kappa shape index (κ3) is 3.40. The van der Waals surface area contributed by atoms with Crippen molar-refractivity contribution in [2.75, 3.05) is 19.7 Å². The average Bonchev–Trinajstić information content (AvgIpc) is 3.03. The van der Waals surface area contributed by atoms with Gasteiger partial charge < -0.3 is 9.64 Å². The molecule has 3 heterocycles. The van der Waals surface area contributed by atoms with E-state index in [0.717, 1.165) is 11.4 Å². The van der Waals surface area contributed by atoms with Crippen molar-refractivity contribution in [1.29, 1.82) is 0 Å². The second kappa shape index (κ2) is 6.60. The SMILES string of the molecule is Cc1cc(C)n(CC2CN(C(=O)Cn3ncn(C)c3=O)CCO2)n1. The third-order valence-electron chi connectivity index (χ3n) is 4.14. The fraction of sp³-hybridized carbons (Fsp3) is 0.600. The molecule has 0 bridgehead atoms. The standard InChI is InChI=1S/C15H22N6O3/c1-11-6-12(2)20(17-11)8-13-7-19(4-5-24-13)14(22)9-21-15(23)18(3)10-16-21/h6,10,13H,4-5,7-9H2,1-3H3. The highest BCUT2D eigenvalue weighted by Crippen LogP contribution is 2.10. The van der Waals surface area contributed by atoms with Crippen molar-refractivity contribution >= 4 is 5.91 Å². The van der Waals surface area contributed by atoms with Crippen LogP contribution in [0.1, 0.15) is 11.4 Å². The van der Waals surface area contributed by atoms with E-state index in [9.17, 15) is 9.59 Å². The number of rotatable bonds is 4. The first-order chi connectivity index (χ1) is 11.4. The molecule has 2 aromatic heterocycles. The van der Waals surface area contributed by atoms with Gasteiger partial charge in [-0.05, 0) is 19.9 Å². The lowest BCUT2D eigenvalue weighted by Crippen LogP contribution is -2.48. The van der Waals surface area contributed by atoms with E-state index in [1.807, 2.05) is 24.6 Å². The van der Waals surface area contributed by atoms with E-state index in [1.165, 1.54) is 15.6 Å². The molecule has 1 aliphatic heterocycles. The molecule has 0 aromatic carbocycles. The molecule has 0 aliphatic carbocycles. The number of hydrogen-bond acceptors (Lipinski definition) is 5. The van der Waals surface area contributed by atoms with Crippen LogP contribution in [-0.2, 0) is 29.7 Å². The van der Waals surface area contributed by atoms with Gasteiger partial charge in [-0.3, -0.25) is 14.0 Å². The van der Waals surface area contributed by atoms with Crippen LogP contribution in [0.5, 0.6) is 0 Å². The Balaban J connectivity index is 1.62. The van der Waals surface area contributed by atoms with Gasteiger partial charge in [0.25, 0.3) is 0 Å². The van der Waals surface area contributed by atoms with E-state index >= 15 is 0 Å². The minimum Gasteiger partial charge on any atom is -0.373 e. The lowest BCUT2D eigenvalue weighted by Gasteiger charge is -2.33. The van der Waals surface area contributed by atoms with Crippen molar-refractivity contribution in [3.63, 3.8) is 0 Å². The monoisotopic (exact) mass is 334 g/mol. The molecule has 1 fully saturated rings. The quantitative estimate of drug-likeness (QED) is 0.739. The zero-order chi connectivity index (χ0) is 17.3. The molecule has 9 heteroatoms. The van der Waals surface area contributed by atoms with Crippen LogP contribution >= 0.6 is 0 Å². The highest BCUT2D eigenvalue weighted by molar-refractivity contribution is 5.76. The number of ether oxygens (including phenoxy) is 1. The van der Waals surface area contributed by atoms with Crippen LogP contribution in [0.3, 0.4) is 0 Å². The van der Waals surface area contributed by atoms with Gasteiger partial charge in [0.05, 0.1) is 24.9 Å². The summed E-state index contributed by atoms with van der Waals surface area (Å²) in [5.41, 5.74) is 1.74. The zero-order valence-corrected chi connectivity index (χ0v) is 14.2. The molecule has 0 radical (unpaired) electrons. The average molecular weight is 334 g/mol. The molecule has 0 spiro atoms. The Morgan fingerprint density at radius 1 is 1.38 bits per heavy atom. The van der Waals surface area contributed by atoms with Crippen molar-refractivity contribution in [1.82, 2.24) is 29.0 Å². The smallest absolute Gasteiger partial charge is 0.345 e. The van der Waals surface area contributed by atoms with Crippen molar-refractivity contribution in [2.24, 2.45) is 7.05 Å². The summed E-state index contributed by atoms with van der Waals surface area (Å²) in [6.07, 6.45) is 1.29. The molecule has 2 aromatic rings. The maximum Gasteiger partial charge on any atom is 0.345 e. The molecule has 0 saturated carbocycles. The first-order valence-corrected chi connectivity index (χ1v) is 7.93. The van der Waals surface area contributed by atoms with Crippen LogP contribution in [-0.4, -0.2) is 60.7 Å². The molecular formula is C15H22N6O3. The first-order valence-electron chi connectivity index (χ1n) is 7.93. The van der Waals surface area contributed by atoms with Crippen molar-refractivity contribution in [3.05, 3.63) is 34.3 Å². The van der Waals surface area contributed by atoms with Crippen LogP contribution in [0.15, 0.2) is 17.2 Å². The van der Waals surface area contributed by atoms with Crippen LogP contribution in [0.2, 0.25) is 0 Å². The number of aryl methyl sites for hydroxylation is 3. The molecule has 1 unspecified atom stereocenters. The Morgan fingerprint density at radius 3 is 2.79 bits per heavy atom. The molecule has 1 atom stereocenters. The van der Waals surface area contributed by atoms with Gasteiger partial charge in [-0.25, -0.2) is 9.48 Å². The van der Waals surface area contributed by atoms with E-state index in [-0.39, 0.29) is 24.2 Å². The van der Waals surface area contributed by atoms with Crippen molar-refractivity contribution in [3.8, 4) is 0 Å². The Bertz CT molecular complexity index is 789. The Hall–Kier alpha value is -2.42. The topological polar surface area (TPSA) is 87.2 Å². The second-order valence-corrected chi connectivity index (χ2v) is 6.12. The Kier molecular flexibility index (Phi) is 4.52. The van der Waals surface area contributed by atoms with Crippen molar-refractivity contribution in [2.45, 2.75) is 33.0 Å². The molecule has 1 saturated heterocycles. The number of aromatic nitrogens is 5. The Morgan fingerprint density at radius 2 is 2.17 bits per heavy atom. The number of morpholine rings is 1. The van der Waals surface area contributed by atoms with Crippen molar-refractivity contribution < 1.29 is 9.53 Å². The van der Waals surface area contributed by atoms with E-state index in [1.54, 1.807) is 11.9 Å². The largest absolute Gasteiger partial charge is 0.373 e. The minimum atomic E-state index is -0.296. The van der Waals surface area contributed by atoms with Gasteiger partial charge >= 0.3 is 5.69 Å². The summed E-state index contributed by atoms with van der Waals surface area (Å²) in [7, 11) is 1.61. The Labute approximate surface area is 139 Å². The van der Waals surface area contributed by atoms with E-state index in [4.69, 9.17) is 4.74 Å². The predicted molar refractivity (Wildman–Crippen MR) is 85.5 cm³/mol. The van der Waals surface area contributed by atoms with E-state index < -0.39 is 0 Å². The lowest BCUT2D eigenvalue weighted by atomic mass is 10.2. The van der Waals surface area contributed by atoms with Crippen LogP contribution in [0.25, 0.3) is 0 Å². The van der Waals surface area contributed by atoms with Gasteiger partial charge in [-0.1, -0.05) is 0 Å². The lowest BCUT2D eigenvalue weighted by molar-refractivity contribution is -0.140. The van der Waals surface area contributed by atoms with Gasteiger partial charge in [0.15, 0.2) is 0 Å². The summed E-state index contributed by atoms with van der Waals surface area (Å²) in [5.74, 6) is -0.127. The first kappa shape index (κ1) is 16.4. The number of carbonyl (C=O) groups is 1. The number of amides is 1. The molecule has 24 heavy (non-hydrogen) atoms. The summed E-state index contributed by atoms with van der Waals surface area (Å²) in [6.45, 7) is 5.99. The molecule has 0 N–H and O–H groups in total. The molecule has 1 aliphatic rings. The summed E-state index contributed by atoms with van der Waals surface area (Å²) < 4.78 is 10.2. The number of hydrogen-bond donors (Lipinski definition) is 0. The normalized spacial score (nSPS) is 18.1. The number of carbonyl (C=O) groups excluding carboxylic acids is 1. The maximum absolute atomic E-state index is 12.4. The van der Waals surface area contributed by atoms with Crippen LogP contribution in [0, 0.1) is 13.8 Å². The fourth-order valence-electron chi connectivity index (χ4n) is 2.87.